The lowest BCUT2D eigenvalue weighted by Gasteiger charge is -2.39. The number of nitrogens with zero attached hydrogens (tertiary/aromatic N) is 2. The number of likely N-dealkylation sites (tertiary alicyclic amines) is 1. The van der Waals surface area contributed by atoms with Crippen LogP contribution in [0, 0.1) is 0 Å². The molecule has 0 bridgehead atoms. The van der Waals surface area contributed by atoms with E-state index in [0.717, 1.165) is 0 Å². The normalized spacial score (nSPS) is 16.4. The number of carbonyl (C=O) groups excluding carboxylic acids is 1. The van der Waals surface area contributed by atoms with E-state index >= 15 is 0 Å². The van der Waals surface area contributed by atoms with Gasteiger partial charge >= 0.3 is 0 Å². The number of rotatable bonds is 4. The summed E-state index contributed by atoms with van der Waals surface area (Å²) >= 11 is 5.79. The van der Waals surface area contributed by atoms with Crippen LogP contribution in [0.5, 0.6) is 0 Å². The second-order valence-corrected chi connectivity index (χ2v) is 5.71. The van der Waals surface area contributed by atoms with Crippen molar-refractivity contribution in [2.75, 3.05) is 13.1 Å². The Morgan fingerprint density at radius 3 is 2.68 bits per heavy atom. The highest BCUT2D eigenvalue weighted by Crippen LogP contribution is 2.29. The van der Waals surface area contributed by atoms with Crippen molar-refractivity contribution in [3.8, 4) is 0 Å². The van der Waals surface area contributed by atoms with Gasteiger partial charge < -0.3 is 19.6 Å². The van der Waals surface area contributed by atoms with Gasteiger partial charge in [0.25, 0.3) is 5.91 Å². The molecule has 1 aromatic heterocycles. The summed E-state index contributed by atoms with van der Waals surface area (Å²) in [6, 6.07) is 8.22. The molecule has 2 aromatic rings. The van der Waals surface area contributed by atoms with E-state index in [-0.39, 0.29) is 18.4 Å². The first-order chi connectivity index (χ1) is 10.6. The van der Waals surface area contributed by atoms with Crippen LogP contribution in [-0.2, 0) is 11.4 Å². The topological polar surface area (TPSA) is 86.8 Å². The molecule has 1 aliphatic rings. The van der Waals surface area contributed by atoms with Gasteiger partial charge in [0, 0.05) is 30.1 Å². The van der Waals surface area contributed by atoms with Gasteiger partial charge in [-0.15, -0.1) is 0 Å². The standard InChI is InChI=1S/C15H15ClN2O4/c16-11-3-1-9(2-4-11)14(20)15(21)18-6-10(7-18)13-5-12(8-19)22-17-13/h1-5,10,14,19-20H,6-8H2. The maximum Gasteiger partial charge on any atom is 0.256 e. The minimum Gasteiger partial charge on any atom is -0.388 e. The van der Waals surface area contributed by atoms with Gasteiger partial charge in [-0.2, -0.15) is 0 Å². The summed E-state index contributed by atoms with van der Waals surface area (Å²) in [6.45, 7) is 0.749. The predicted octanol–water partition coefficient (Wildman–Crippen LogP) is 1.48. The number of amides is 1. The van der Waals surface area contributed by atoms with Crippen LogP contribution in [0.25, 0.3) is 0 Å². The molecule has 1 amide bonds. The van der Waals surface area contributed by atoms with Gasteiger partial charge in [0.15, 0.2) is 11.9 Å². The molecular weight excluding hydrogens is 308 g/mol. The molecule has 6 nitrogen and oxygen atoms in total. The van der Waals surface area contributed by atoms with Crippen LogP contribution in [-0.4, -0.2) is 39.3 Å². The van der Waals surface area contributed by atoms with Gasteiger partial charge in [0.2, 0.25) is 0 Å². The van der Waals surface area contributed by atoms with Crippen molar-refractivity contribution >= 4 is 17.5 Å². The van der Waals surface area contributed by atoms with Gasteiger partial charge in [0.05, 0.1) is 5.69 Å². The quantitative estimate of drug-likeness (QED) is 0.890. The smallest absolute Gasteiger partial charge is 0.256 e. The zero-order chi connectivity index (χ0) is 15.7. The minimum absolute atomic E-state index is 0.0745. The fourth-order valence-electron chi connectivity index (χ4n) is 2.40. The highest BCUT2D eigenvalue weighted by molar-refractivity contribution is 6.30. The van der Waals surface area contributed by atoms with Crippen molar-refractivity contribution in [3.63, 3.8) is 0 Å². The second kappa shape index (κ2) is 6.08. The Morgan fingerprint density at radius 2 is 2.09 bits per heavy atom. The van der Waals surface area contributed by atoms with E-state index in [1.807, 2.05) is 0 Å². The largest absolute Gasteiger partial charge is 0.388 e. The first-order valence-electron chi connectivity index (χ1n) is 6.87. The molecule has 1 aromatic carbocycles. The van der Waals surface area contributed by atoms with Crippen molar-refractivity contribution < 1.29 is 19.5 Å². The first kappa shape index (κ1) is 15.0. The molecule has 1 saturated heterocycles. The van der Waals surface area contributed by atoms with Crippen LogP contribution < -0.4 is 0 Å². The van der Waals surface area contributed by atoms with Crippen molar-refractivity contribution in [2.45, 2.75) is 18.6 Å². The molecule has 1 fully saturated rings. The van der Waals surface area contributed by atoms with E-state index in [0.29, 0.717) is 35.1 Å². The monoisotopic (exact) mass is 322 g/mol. The SMILES string of the molecule is O=C(C(O)c1ccc(Cl)cc1)N1CC(c2cc(CO)on2)C1. The fourth-order valence-corrected chi connectivity index (χ4v) is 2.53. The van der Waals surface area contributed by atoms with Gasteiger partial charge in [-0.1, -0.05) is 28.9 Å². The van der Waals surface area contributed by atoms with Gasteiger partial charge in [-0.3, -0.25) is 4.79 Å². The van der Waals surface area contributed by atoms with E-state index in [4.69, 9.17) is 21.2 Å². The van der Waals surface area contributed by atoms with Gasteiger partial charge in [-0.25, -0.2) is 0 Å². The molecule has 1 aliphatic heterocycles. The van der Waals surface area contributed by atoms with Crippen molar-refractivity contribution in [1.82, 2.24) is 10.1 Å². The fraction of sp³-hybridized carbons (Fsp3) is 0.333. The Balaban J connectivity index is 1.59. The number of halogens is 1. The average Bonchev–Trinajstić information content (AvgIpc) is 2.94. The van der Waals surface area contributed by atoms with Crippen LogP contribution in [0.15, 0.2) is 34.9 Å². The third kappa shape index (κ3) is 2.85. The van der Waals surface area contributed by atoms with E-state index in [1.54, 1.807) is 35.2 Å². The number of hydrogen-bond acceptors (Lipinski definition) is 5. The molecule has 116 valence electrons. The molecule has 0 aliphatic carbocycles. The molecule has 3 rings (SSSR count). The molecule has 0 spiro atoms. The minimum atomic E-state index is -1.19. The summed E-state index contributed by atoms with van der Waals surface area (Å²) in [5.41, 5.74) is 1.23. The number of carbonyl (C=O) groups is 1. The molecule has 2 heterocycles. The molecule has 1 atom stereocenters. The van der Waals surface area contributed by atoms with Crippen molar-refractivity contribution in [1.29, 1.82) is 0 Å². The summed E-state index contributed by atoms with van der Waals surface area (Å²) in [5.74, 6) is 0.135. The molecule has 2 N–H and O–H groups in total. The summed E-state index contributed by atoms with van der Waals surface area (Å²) in [5, 5.41) is 23.5. The molecular formula is C15H15ClN2O4. The van der Waals surface area contributed by atoms with E-state index in [1.165, 1.54) is 0 Å². The molecule has 1 unspecified atom stereocenters. The molecule has 0 saturated carbocycles. The summed E-state index contributed by atoms with van der Waals surface area (Å²) < 4.78 is 4.93. The zero-order valence-corrected chi connectivity index (χ0v) is 12.4. The Hall–Kier alpha value is -1.89. The number of aromatic nitrogens is 1. The molecule has 22 heavy (non-hydrogen) atoms. The molecule has 7 heteroatoms. The number of aliphatic hydroxyl groups is 2. The maximum absolute atomic E-state index is 12.2. The summed E-state index contributed by atoms with van der Waals surface area (Å²) in [6.07, 6.45) is -1.19. The Kier molecular flexibility index (Phi) is 4.15. The van der Waals surface area contributed by atoms with Crippen LogP contribution >= 0.6 is 11.6 Å². The van der Waals surface area contributed by atoms with Crippen molar-refractivity contribution in [2.24, 2.45) is 0 Å². The van der Waals surface area contributed by atoms with Crippen LogP contribution in [0.3, 0.4) is 0 Å². The third-order valence-electron chi connectivity index (χ3n) is 3.76. The van der Waals surface area contributed by atoms with Gasteiger partial charge in [0.1, 0.15) is 6.61 Å². The van der Waals surface area contributed by atoms with Crippen LogP contribution in [0.1, 0.15) is 29.0 Å². The highest BCUT2D eigenvalue weighted by Gasteiger charge is 2.36. The highest BCUT2D eigenvalue weighted by atomic mass is 35.5. The van der Waals surface area contributed by atoms with E-state index in [9.17, 15) is 9.90 Å². The Morgan fingerprint density at radius 1 is 1.41 bits per heavy atom. The lowest BCUT2D eigenvalue weighted by atomic mass is 9.94. The number of hydrogen-bond donors (Lipinski definition) is 2. The van der Waals surface area contributed by atoms with E-state index < -0.39 is 6.10 Å². The third-order valence-corrected chi connectivity index (χ3v) is 4.02. The summed E-state index contributed by atoms with van der Waals surface area (Å²) in [7, 11) is 0. The second-order valence-electron chi connectivity index (χ2n) is 5.27. The lowest BCUT2D eigenvalue weighted by Crippen LogP contribution is -2.50. The Bertz CT molecular complexity index is 664. The van der Waals surface area contributed by atoms with Crippen LogP contribution in [0.2, 0.25) is 5.02 Å². The van der Waals surface area contributed by atoms with Crippen LogP contribution in [0.4, 0.5) is 0 Å². The predicted molar refractivity (Wildman–Crippen MR) is 78.2 cm³/mol. The Labute approximate surface area is 131 Å². The van der Waals surface area contributed by atoms with Gasteiger partial charge in [-0.05, 0) is 17.7 Å². The zero-order valence-electron chi connectivity index (χ0n) is 11.6. The average molecular weight is 323 g/mol. The van der Waals surface area contributed by atoms with Crippen molar-refractivity contribution in [3.05, 3.63) is 52.4 Å². The van der Waals surface area contributed by atoms with E-state index in [2.05, 4.69) is 5.16 Å². The maximum atomic E-state index is 12.2. The number of aliphatic hydroxyl groups excluding tert-OH is 2. The lowest BCUT2D eigenvalue weighted by molar-refractivity contribution is -0.145. The molecule has 0 radical (unpaired) electrons. The number of benzene rings is 1. The summed E-state index contributed by atoms with van der Waals surface area (Å²) in [4.78, 5) is 13.8. The first-order valence-corrected chi connectivity index (χ1v) is 7.25.